The highest BCUT2D eigenvalue weighted by molar-refractivity contribution is 5.81. The molecule has 1 aliphatic heterocycles. The Bertz CT molecular complexity index is 205. The number of piperidine rings is 1. The van der Waals surface area contributed by atoms with E-state index in [1.807, 2.05) is 11.8 Å². The standard InChI is InChI=1S/C11H22N2O/c1-4-10(12)11(14)13-7-5-6-8(2)9(13)3/h8-10H,4-7,12H2,1-3H3/t8?,9?,10-/m0/s1. The molecule has 1 aliphatic rings. The first-order chi connectivity index (χ1) is 6.57. The van der Waals surface area contributed by atoms with E-state index in [1.54, 1.807) is 0 Å². The summed E-state index contributed by atoms with van der Waals surface area (Å²) in [6, 6.07) is 0.0524. The summed E-state index contributed by atoms with van der Waals surface area (Å²) in [7, 11) is 0. The largest absolute Gasteiger partial charge is 0.338 e. The summed E-state index contributed by atoms with van der Waals surface area (Å²) in [4.78, 5) is 13.8. The van der Waals surface area contributed by atoms with E-state index in [0.29, 0.717) is 12.0 Å². The normalized spacial score (nSPS) is 30.1. The highest BCUT2D eigenvalue weighted by Gasteiger charge is 2.30. The fraction of sp³-hybridized carbons (Fsp3) is 0.909. The smallest absolute Gasteiger partial charge is 0.239 e. The Labute approximate surface area is 86.6 Å². The summed E-state index contributed by atoms with van der Waals surface area (Å²) in [6.07, 6.45) is 3.08. The van der Waals surface area contributed by atoms with Crippen LogP contribution in [0.3, 0.4) is 0 Å². The fourth-order valence-corrected chi connectivity index (χ4v) is 2.03. The van der Waals surface area contributed by atoms with Crippen LogP contribution >= 0.6 is 0 Å². The molecule has 0 aliphatic carbocycles. The van der Waals surface area contributed by atoms with Gasteiger partial charge in [-0.3, -0.25) is 4.79 Å². The van der Waals surface area contributed by atoms with Crippen molar-refractivity contribution >= 4 is 5.91 Å². The molecule has 2 unspecified atom stereocenters. The first-order valence-electron chi connectivity index (χ1n) is 5.64. The molecule has 0 aromatic rings. The Hall–Kier alpha value is -0.570. The Morgan fingerprint density at radius 1 is 1.57 bits per heavy atom. The third kappa shape index (κ3) is 2.27. The molecule has 0 aromatic carbocycles. The minimum Gasteiger partial charge on any atom is -0.338 e. The zero-order valence-electron chi connectivity index (χ0n) is 9.49. The van der Waals surface area contributed by atoms with E-state index in [0.717, 1.165) is 19.4 Å². The van der Waals surface area contributed by atoms with Gasteiger partial charge in [0.25, 0.3) is 0 Å². The summed E-state index contributed by atoms with van der Waals surface area (Å²) in [6.45, 7) is 7.18. The van der Waals surface area contributed by atoms with Gasteiger partial charge in [0.15, 0.2) is 0 Å². The second kappa shape index (κ2) is 4.78. The molecule has 3 heteroatoms. The molecule has 3 atom stereocenters. The third-order valence-corrected chi connectivity index (χ3v) is 3.41. The summed E-state index contributed by atoms with van der Waals surface area (Å²) < 4.78 is 0. The molecule has 1 rings (SSSR count). The minimum absolute atomic E-state index is 0.131. The Morgan fingerprint density at radius 2 is 2.21 bits per heavy atom. The number of carbonyl (C=O) groups excluding carboxylic acids is 1. The molecule has 0 spiro atoms. The van der Waals surface area contributed by atoms with E-state index in [4.69, 9.17) is 5.73 Å². The average molecular weight is 198 g/mol. The van der Waals surface area contributed by atoms with Crippen molar-refractivity contribution in [1.82, 2.24) is 4.90 Å². The van der Waals surface area contributed by atoms with Crippen molar-refractivity contribution < 1.29 is 4.79 Å². The van der Waals surface area contributed by atoms with Gasteiger partial charge in [-0.25, -0.2) is 0 Å². The van der Waals surface area contributed by atoms with Crippen LogP contribution in [-0.4, -0.2) is 29.4 Å². The van der Waals surface area contributed by atoms with E-state index in [2.05, 4.69) is 13.8 Å². The number of likely N-dealkylation sites (tertiary alicyclic amines) is 1. The molecule has 1 heterocycles. The van der Waals surface area contributed by atoms with Crippen molar-refractivity contribution in [1.29, 1.82) is 0 Å². The van der Waals surface area contributed by atoms with E-state index >= 15 is 0 Å². The topological polar surface area (TPSA) is 46.3 Å². The van der Waals surface area contributed by atoms with Gasteiger partial charge in [0.1, 0.15) is 0 Å². The molecule has 0 saturated carbocycles. The molecule has 14 heavy (non-hydrogen) atoms. The fourth-order valence-electron chi connectivity index (χ4n) is 2.03. The number of hydrogen-bond acceptors (Lipinski definition) is 2. The van der Waals surface area contributed by atoms with Gasteiger partial charge in [-0.2, -0.15) is 0 Å². The molecule has 3 nitrogen and oxygen atoms in total. The lowest BCUT2D eigenvalue weighted by Gasteiger charge is -2.39. The molecule has 2 N–H and O–H groups in total. The molecule has 0 bridgehead atoms. The molecular formula is C11H22N2O. The molecule has 0 aromatic heterocycles. The SMILES string of the molecule is CC[C@H](N)C(=O)N1CCCC(C)C1C. The highest BCUT2D eigenvalue weighted by atomic mass is 16.2. The number of hydrogen-bond donors (Lipinski definition) is 1. The second-order valence-electron chi connectivity index (χ2n) is 4.41. The Balaban J connectivity index is 2.62. The maximum atomic E-state index is 11.9. The summed E-state index contributed by atoms with van der Waals surface area (Å²) in [5.41, 5.74) is 5.76. The van der Waals surface area contributed by atoms with Crippen LogP contribution in [0.5, 0.6) is 0 Å². The summed E-state index contributed by atoms with van der Waals surface area (Å²) >= 11 is 0. The van der Waals surface area contributed by atoms with Crippen molar-refractivity contribution in [2.75, 3.05) is 6.54 Å². The van der Waals surface area contributed by atoms with Gasteiger partial charge in [-0.1, -0.05) is 13.8 Å². The van der Waals surface area contributed by atoms with Gasteiger partial charge in [-0.05, 0) is 32.1 Å². The van der Waals surface area contributed by atoms with Gasteiger partial charge < -0.3 is 10.6 Å². The van der Waals surface area contributed by atoms with Gasteiger partial charge in [-0.15, -0.1) is 0 Å². The first-order valence-corrected chi connectivity index (χ1v) is 5.64. The van der Waals surface area contributed by atoms with Crippen molar-refractivity contribution in [2.45, 2.75) is 52.1 Å². The van der Waals surface area contributed by atoms with Crippen LogP contribution in [0, 0.1) is 5.92 Å². The zero-order chi connectivity index (χ0) is 10.7. The van der Waals surface area contributed by atoms with Crippen LogP contribution < -0.4 is 5.73 Å². The van der Waals surface area contributed by atoms with Crippen molar-refractivity contribution in [3.8, 4) is 0 Å². The zero-order valence-corrected chi connectivity index (χ0v) is 9.49. The van der Waals surface area contributed by atoms with Gasteiger partial charge in [0.05, 0.1) is 6.04 Å². The number of nitrogens with zero attached hydrogens (tertiary/aromatic N) is 1. The average Bonchev–Trinajstić information content (AvgIpc) is 2.20. The van der Waals surface area contributed by atoms with Crippen LogP contribution in [0.15, 0.2) is 0 Å². The van der Waals surface area contributed by atoms with Crippen LogP contribution in [0.4, 0.5) is 0 Å². The maximum absolute atomic E-state index is 11.9. The lowest BCUT2D eigenvalue weighted by Crippen LogP contribution is -2.51. The van der Waals surface area contributed by atoms with Crippen molar-refractivity contribution in [3.05, 3.63) is 0 Å². The first kappa shape index (κ1) is 11.5. The van der Waals surface area contributed by atoms with E-state index in [1.165, 1.54) is 6.42 Å². The van der Waals surface area contributed by atoms with Gasteiger partial charge in [0, 0.05) is 12.6 Å². The summed E-state index contributed by atoms with van der Waals surface area (Å²) in [5.74, 6) is 0.739. The van der Waals surface area contributed by atoms with Crippen molar-refractivity contribution in [3.63, 3.8) is 0 Å². The molecular weight excluding hydrogens is 176 g/mol. The van der Waals surface area contributed by atoms with Gasteiger partial charge in [0.2, 0.25) is 5.91 Å². The number of rotatable bonds is 2. The third-order valence-electron chi connectivity index (χ3n) is 3.41. The minimum atomic E-state index is -0.303. The molecule has 0 radical (unpaired) electrons. The second-order valence-corrected chi connectivity index (χ2v) is 4.41. The Kier molecular flexibility index (Phi) is 3.93. The predicted molar refractivity (Wildman–Crippen MR) is 57.8 cm³/mol. The maximum Gasteiger partial charge on any atom is 0.239 e. The van der Waals surface area contributed by atoms with Crippen LogP contribution in [0.25, 0.3) is 0 Å². The monoisotopic (exact) mass is 198 g/mol. The van der Waals surface area contributed by atoms with Gasteiger partial charge >= 0.3 is 0 Å². The van der Waals surface area contributed by atoms with E-state index < -0.39 is 0 Å². The van der Waals surface area contributed by atoms with Crippen LogP contribution in [-0.2, 0) is 4.79 Å². The molecule has 1 saturated heterocycles. The van der Waals surface area contributed by atoms with Crippen molar-refractivity contribution in [2.24, 2.45) is 11.7 Å². The van der Waals surface area contributed by atoms with Crippen LogP contribution in [0.2, 0.25) is 0 Å². The number of nitrogens with two attached hydrogens (primary N) is 1. The highest BCUT2D eigenvalue weighted by Crippen LogP contribution is 2.23. The summed E-state index contributed by atoms with van der Waals surface area (Å²) in [5, 5.41) is 0. The molecule has 1 amide bonds. The number of amides is 1. The Morgan fingerprint density at radius 3 is 2.79 bits per heavy atom. The quantitative estimate of drug-likeness (QED) is 0.728. The molecule has 1 fully saturated rings. The van der Waals surface area contributed by atoms with E-state index in [-0.39, 0.29) is 11.9 Å². The lowest BCUT2D eigenvalue weighted by atomic mass is 9.91. The predicted octanol–water partition coefficient (Wildman–Crippen LogP) is 1.37. The lowest BCUT2D eigenvalue weighted by molar-refractivity contribution is -0.137. The van der Waals surface area contributed by atoms with Crippen LogP contribution in [0.1, 0.15) is 40.0 Å². The number of carbonyl (C=O) groups is 1. The van der Waals surface area contributed by atoms with E-state index in [9.17, 15) is 4.79 Å². The molecule has 82 valence electrons.